The Kier molecular flexibility index (Phi) is 4.63. The van der Waals surface area contributed by atoms with Crippen LogP contribution in [0.4, 0.5) is 5.69 Å². The number of carbonyl (C=O) groups is 2. The van der Waals surface area contributed by atoms with Crippen molar-refractivity contribution in [3.05, 3.63) is 75.3 Å². The Labute approximate surface area is 127 Å². The summed E-state index contributed by atoms with van der Waals surface area (Å²) in [6, 6.07) is 12.6. The van der Waals surface area contributed by atoms with Crippen molar-refractivity contribution in [3.63, 3.8) is 0 Å². The van der Waals surface area contributed by atoms with Crippen LogP contribution in [0.5, 0.6) is 0 Å². The quantitative estimate of drug-likeness (QED) is 0.483. The number of rotatable bonds is 5. The zero-order valence-electron chi connectivity index (χ0n) is 11.9. The van der Waals surface area contributed by atoms with Crippen LogP contribution in [-0.2, 0) is 6.54 Å². The van der Waals surface area contributed by atoms with Crippen LogP contribution in [0.15, 0.2) is 48.5 Å². The van der Waals surface area contributed by atoms with Gasteiger partial charge in [-0.3, -0.25) is 19.7 Å². The van der Waals surface area contributed by atoms with Gasteiger partial charge in [0, 0.05) is 31.3 Å². The van der Waals surface area contributed by atoms with E-state index in [2.05, 4.69) is 0 Å². The van der Waals surface area contributed by atoms with Gasteiger partial charge in [0.05, 0.1) is 10.5 Å². The summed E-state index contributed by atoms with van der Waals surface area (Å²) in [5.41, 5.74) is 1.44. The minimum absolute atomic E-state index is 0.00373. The second-order valence-electron chi connectivity index (χ2n) is 4.79. The summed E-state index contributed by atoms with van der Waals surface area (Å²) in [6.07, 6.45) is 0.646. The number of hydrogen-bond acceptors (Lipinski definition) is 4. The lowest BCUT2D eigenvalue weighted by Crippen LogP contribution is -2.27. The average Bonchev–Trinajstić information content (AvgIpc) is 2.54. The molecule has 0 aliphatic heterocycles. The van der Waals surface area contributed by atoms with Crippen molar-refractivity contribution in [1.29, 1.82) is 0 Å². The highest BCUT2D eigenvalue weighted by atomic mass is 16.6. The number of benzene rings is 2. The molecule has 112 valence electrons. The standard InChI is InChI=1S/C16H14N2O4/c1-17(10-12-6-8-14(9-7-12)18(21)22)16(20)15-5-3-2-4-13(15)11-19/h2-9,11H,10H2,1H3. The number of non-ortho nitro benzene ring substituents is 1. The van der Waals surface area contributed by atoms with Crippen LogP contribution in [0.1, 0.15) is 26.3 Å². The minimum atomic E-state index is -0.473. The molecule has 0 aliphatic carbocycles. The molecule has 22 heavy (non-hydrogen) atoms. The maximum atomic E-state index is 12.4. The van der Waals surface area contributed by atoms with E-state index < -0.39 is 4.92 Å². The smallest absolute Gasteiger partial charge is 0.269 e. The predicted octanol–water partition coefficient (Wildman–Crippen LogP) is 2.68. The Morgan fingerprint density at radius 2 is 1.82 bits per heavy atom. The van der Waals surface area contributed by atoms with Gasteiger partial charge in [-0.2, -0.15) is 0 Å². The van der Waals surface area contributed by atoms with Gasteiger partial charge in [-0.15, -0.1) is 0 Å². The van der Waals surface area contributed by atoms with Crippen molar-refractivity contribution in [2.45, 2.75) is 6.54 Å². The molecule has 0 heterocycles. The Morgan fingerprint density at radius 1 is 1.18 bits per heavy atom. The second-order valence-corrected chi connectivity index (χ2v) is 4.79. The van der Waals surface area contributed by atoms with Crippen LogP contribution in [-0.4, -0.2) is 29.1 Å². The summed E-state index contributed by atoms with van der Waals surface area (Å²) in [5, 5.41) is 10.6. The van der Waals surface area contributed by atoms with Gasteiger partial charge < -0.3 is 4.90 Å². The van der Waals surface area contributed by atoms with E-state index >= 15 is 0 Å². The van der Waals surface area contributed by atoms with E-state index in [1.54, 1.807) is 43.4 Å². The number of hydrogen-bond donors (Lipinski definition) is 0. The third-order valence-corrected chi connectivity index (χ3v) is 3.23. The molecular formula is C16H14N2O4. The maximum Gasteiger partial charge on any atom is 0.269 e. The van der Waals surface area contributed by atoms with E-state index in [4.69, 9.17) is 0 Å². The topological polar surface area (TPSA) is 80.5 Å². The van der Waals surface area contributed by atoms with Gasteiger partial charge in [0.15, 0.2) is 6.29 Å². The van der Waals surface area contributed by atoms with Gasteiger partial charge >= 0.3 is 0 Å². The van der Waals surface area contributed by atoms with E-state index in [1.807, 2.05) is 0 Å². The summed E-state index contributed by atoms with van der Waals surface area (Å²) in [5.74, 6) is -0.277. The first-order valence-corrected chi connectivity index (χ1v) is 6.56. The largest absolute Gasteiger partial charge is 0.337 e. The van der Waals surface area contributed by atoms with Crippen LogP contribution in [0.25, 0.3) is 0 Å². The van der Waals surface area contributed by atoms with Crippen molar-refractivity contribution in [3.8, 4) is 0 Å². The normalized spacial score (nSPS) is 10.0. The number of nitro benzene ring substituents is 1. The summed E-state index contributed by atoms with van der Waals surface area (Å²) >= 11 is 0. The first kappa shape index (κ1) is 15.4. The molecule has 2 aromatic rings. The van der Waals surface area contributed by atoms with Crippen LogP contribution >= 0.6 is 0 Å². The molecule has 0 bridgehead atoms. The lowest BCUT2D eigenvalue weighted by Gasteiger charge is -2.18. The summed E-state index contributed by atoms with van der Waals surface area (Å²) in [7, 11) is 1.62. The molecule has 0 saturated carbocycles. The Bertz CT molecular complexity index is 710. The Balaban J connectivity index is 2.14. The molecule has 0 aliphatic rings. The SMILES string of the molecule is CN(Cc1ccc([N+](=O)[O-])cc1)C(=O)c1ccccc1C=O. The first-order valence-electron chi connectivity index (χ1n) is 6.56. The second kappa shape index (κ2) is 6.62. The van der Waals surface area contributed by atoms with E-state index in [1.165, 1.54) is 17.0 Å². The third kappa shape index (κ3) is 3.35. The lowest BCUT2D eigenvalue weighted by atomic mass is 10.1. The minimum Gasteiger partial charge on any atom is -0.337 e. The number of aldehydes is 1. The van der Waals surface area contributed by atoms with Crippen molar-refractivity contribution in [1.82, 2.24) is 4.90 Å². The highest BCUT2D eigenvalue weighted by Gasteiger charge is 2.15. The first-order chi connectivity index (χ1) is 10.5. The number of nitro groups is 1. The van der Waals surface area contributed by atoms with Gasteiger partial charge in [0.25, 0.3) is 11.6 Å². The van der Waals surface area contributed by atoms with Crippen molar-refractivity contribution < 1.29 is 14.5 Å². The zero-order valence-corrected chi connectivity index (χ0v) is 11.9. The van der Waals surface area contributed by atoms with Crippen molar-refractivity contribution in [2.75, 3.05) is 7.05 Å². The molecule has 0 unspecified atom stereocenters. The van der Waals surface area contributed by atoms with Gasteiger partial charge in [-0.1, -0.05) is 30.3 Å². The molecule has 0 fully saturated rings. The number of carbonyl (C=O) groups excluding carboxylic acids is 2. The summed E-state index contributed by atoms with van der Waals surface area (Å²) in [6.45, 7) is 0.296. The molecule has 6 heteroatoms. The van der Waals surface area contributed by atoms with Crippen LogP contribution in [0.2, 0.25) is 0 Å². The average molecular weight is 298 g/mol. The van der Waals surface area contributed by atoms with Gasteiger partial charge in [-0.25, -0.2) is 0 Å². The highest BCUT2D eigenvalue weighted by Crippen LogP contribution is 2.15. The molecule has 0 atom stereocenters. The van der Waals surface area contributed by atoms with Crippen molar-refractivity contribution in [2.24, 2.45) is 0 Å². The fraction of sp³-hybridized carbons (Fsp3) is 0.125. The number of amides is 1. The highest BCUT2D eigenvalue weighted by molar-refractivity contribution is 6.01. The van der Waals surface area contributed by atoms with E-state index in [9.17, 15) is 19.7 Å². The fourth-order valence-electron chi connectivity index (χ4n) is 2.07. The van der Waals surface area contributed by atoms with Gasteiger partial charge in [0.2, 0.25) is 0 Å². The molecular weight excluding hydrogens is 284 g/mol. The summed E-state index contributed by atoms with van der Waals surface area (Å²) in [4.78, 5) is 34.9. The van der Waals surface area contributed by atoms with Crippen molar-refractivity contribution >= 4 is 17.9 Å². The monoisotopic (exact) mass is 298 g/mol. The molecule has 0 N–H and O–H groups in total. The number of nitrogens with zero attached hydrogens (tertiary/aromatic N) is 2. The summed E-state index contributed by atoms with van der Waals surface area (Å²) < 4.78 is 0. The van der Waals surface area contributed by atoms with Crippen LogP contribution < -0.4 is 0 Å². The Morgan fingerprint density at radius 3 is 2.41 bits per heavy atom. The molecule has 2 aromatic carbocycles. The Hall–Kier alpha value is -3.02. The molecule has 1 amide bonds. The van der Waals surface area contributed by atoms with E-state index in [0.717, 1.165) is 5.56 Å². The molecule has 0 spiro atoms. The van der Waals surface area contributed by atoms with Gasteiger partial charge in [-0.05, 0) is 11.6 Å². The van der Waals surface area contributed by atoms with Crippen LogP contribution in [0, 0.1) is 10.1 Å². The lowest BCUT2D eigenvalue weighted by molar-refractivity contribution is -0.384. The molecule has 0 aromatic heterocycles. The maximum absolute atomic E-state index is 12.4. The molecule has 6 nitrogen and oxygen atoms in total. The molecule has 2 rings (SSSR count). The van der Waals surface area contributed by atoms with E-state index in [-0.39, 0.29) is 11.6 Å². The predicted molar refractivity (Wildman–Crippen MR) is 80.7 cm³/mol. The van der Waals surface area contributed by atoms with E-state index in [0.29, 0.717) is 24.0 Å². The zero-order chi connectivity index (χ0) is 16.1. The van der Waals surface area contributed by atoms with Gasteiger partial charge in [0.1, 0.15) is 0 Å². The fourth-order valence-corrected chi connectivity index (χ4v) is 2.07. The van der Waals surface area contributed by atoms with Crippen LogP contribution in [0.3, 0.4) is 0 Å². The molecule has 0 radical (unpaired) electrons. The molecule has 0 saturated heterocycles. The third-order valence-electron chi connectivity index (χ3n) is 3.23.